The number of aliphatic hydroxyl groups is 1. The van der Waals surface area contributed by atoms with E-state index < -0.39 is 0 Å². The Balaban J connectivity index is 2.29. The number of hydrogen-bond donors (Lipinski definition) is 1. The quantitative estimate of drug-likeness (QED) is 0.892. The van der Waals surface area contributed by atoms with E-state index in [0.29, 0.717) is 16.5 Å². The van der Waals surface area contributed by atoms with Crippen molar-refractivity contribution in [3.8, 4) is 11.5 Å². The summed E-state index contributed by atoms with van der Waals surface area (Å²) >= 11 is 5.88. The topological polar surface area (TPSA) is 29.5 Å². The normalized spacial score (nSPS) is 10.3. The summed E-state index contributed by atoms with van der Waals surface area (Å²) in [6, 6.07) is 12.9. The Kier molecular flexibility index (Phi) is 3.67. The van der Waals surface area contributed by atoms with Gasteiger partial charge in [0.05, 0.1) is 6.61 Å². The third kappa shape index (κ3) is 2.99. The largest absolute Gasteiger partial charge is 0.457 e. The van der Waals surface area contributed by atoms with Crippen molar-refractivity contribution < 1.29 is 9.84 Å². The SMILES string of the molecule is Cc1ccc(Oc2cccc(Cl)c2)c(CO)c1. The maximum Gasteiger partial charge on any atom is 0.132 e. The molecule has 0 amide bonds. The molecule has 2 aromatic rings. The molecule has 0 atom stereocenters. The Morgan fingerprint density at radius 1 is 1.18 bits per heavy atom. The first kappa shape index (κ1) is 12.0. The molecule has 1 N–H and O–H groups in total. The van der Waals surface area contributed by atoms with Gasteiger partial charge in [0.25, 0.3) is 0 Å². The van der Waals surface area contributed by atoms with Crippen LogP contribution in [0.5, 0.6) is 11.5 Å². The number of aliphatic hydroxyl groups excluding tert-OH is 1. The highest BCUT2D eigenvalue weighted by Crippen LogP contribution is 2.27. The van der Waals surface area contributed by atoms with Crippen molar-refractivity contribution in [3.63, 3.8) is 0 Å². The summed E-state index contributed by atoms with van der Waals surface area (Å²) in [5.74, 6) is 1.32. The lowest BCUT2D eigenvalue weighted by molar-refractivity contribution is 0.276. The minimum absolute atomic E-state index is 0.0441. The van der Waals surface area contributed by atoms with Gasteiger partial charge in [0.15, 0.2) is 0 Å². The molecule has 0 radical (unpaired) electrons. The Morgan fingerprint density at radius 2 is 2.00 bits per heavy atom. The zero-order valence-corrected chi connectivity index (χ0v) is 10.2. The fourth-order valence-corrected chi connectivity index (χ4v) is 1.77. The van der Waals surface area contributed by atoms with E-state index in [4.69, 9.17) is 16.3 Å². The molecule has 0 fully saturated rings. The van der Waals surface area contributed by atoms with E-state index >= 15 is 0 Å². The zero-order valence-electron chi connectivity index (χ0n) is 9.48. The Morgan fingerprint density at radius 3 is 2.71 bits per heavy atom. The van der Waals surface area contributed by atoms with Crippen LogP contribution in [0, 0.1) is 6.92 Å². The molecule has 0 aromatic heterocycles. The van der Waals surface area contributed by atoms with Crippen LogP contribution >= 0.6 is 11.6 Å². The van der Waals surface area contributed by atoms with E-state index in [9.17, 15) is 5.11 Å². The van der Waals surface area contributed by atoms with Crippen LogP contribution in [0.3, 0.4) is 0 Å². The first-order valence-electron chi connectivity index (χ1n) is 5.33. The molecule has 0 aliphatic rings. The maximum absolute atomic E-state index is 9.27. The molecule has 2 nitrogen and oxygen atoms in total. The monoisotopic (exact) mass is 248 g/mol. The Labute approximate surface area is 105 Å². The minimum Gasteiger partial charge on any atom is -0.457 e. The van der Waals surface area contributed by atoms with Crippen molar-refractivity contribution in [2.45, 2.75) is 13.5 Å². The second-order valence-corrected chi connectivity index (χ2v) is 4.27. The van der Waals surface area contributed by atoms with E-state index in [1.54, 1.807) is 12.1 Å². The predicted molar refractivity (Wildman–Crippen MR) is 68.6 cm³/mol. The van der Waals surface area contributed by atoms with Gasteiger partial charge in [-0.25, -0.2) is 0 Å². The predicted octanol–water partition coefficient (Wildman–Crippen LogP) is 3.93. The van der Waals surface area contributed by atoms with Gasteiger partial charge >= 0.3 is 0 Å². The first-order valence-corrected chi connectivity index (χ1v) is 5.70. The summed E-state index contributed by atoms with van der Waals surface area (Å²) < 4.78 is 5.69. The van der Waals surface area contributed by atoms with E-state index in [1.165, 1.54) is 0 Å². The van der Waals surface area contributed by atoms with Crippen LogP contribution in [0.1, 0.15) is 11.1 Å². The molecule has 0 saturated carbocycles. The average molecular weight is 249 g/mol. The van der Waals surface area contributed by atoms with Crippen LogP contribution in [0.15, 0.2) is 42.5 Å². The van der Waals surface area contributed by atoms with Crippen molar-refractivity contribution in [2.75, 3.05) is 0 Å². The molecule has 0 spiro atoms. The zero-order chi connectivity index (χ0) is 12.3. The van der Waals surface area contributed by atoms with Gasteiger partial charge < -0.3 is 9.84 Å². The van der Waals surface area contributed by atoms with Crippen LogP contribution in [0.2, 0.25) is 5.02 Å². The number of halogens is 1. The summed E-state index contributed by atoms with van der Waals surface area (Å²) in [7, 11) is 0. The molecule has 0 heterocycles. The molecule has 88 valence electrons. The van der Waals surface area contributed by atoms with Gasteiger partial charge in [0.2, 0.25) is 0 Å². The first-order chi connectivity index (χ1) is 8.19. The highest BCUT2D eigenvalue weighted by Gasteiger charge is 2.04. The van der Waals surface area contributed by atoms with E-state index in [-0.39, 0.29) is 6.61 Å². The van der Waals surface area contributed by atoms with Gasteiger partial charge in [-0.2, -0.15) is 0 Å². The lowest BCUT2D eigenvalue weighted by Crippen LogP contribution is -1.92. The molecule has 0 saturated heterocycles. The third-order valence-corrected chi connectivity index (χ3v) is 2.65. The third-order valence-electron chi connectivity index (χ3n) is 2.41. The van der Waals surface area contributed by atoms with Crippen LogP contribution < -0.4 is 4.74 Å². The van der Waals surface area contributed by atoms with Gasteiger partial charge in [-0.1, -0.05) is 35.4 Å². The molecule has 2 aromatic carbocycles. The number of hydrogen-bond acceptors (Lipinski definition) is 2. The second-order valence-electron chi connectivity index (χ2n) is 3.83. The Bertz CT molecular complexity index is 523. The van der Waals surface area contributed by atoms with Gasteiger partial charge in [0, 0.05) is 10.6 Å². The van der Waals surface area contributed by atoms with E-state index in [1.807, 2.05) is 37.3 Å². The number of benzene rings is 2. The lowest BCUT2D eigenvalue weighted by Gasteiger charge is -2.10. The highest BCUT2D eigenvalue weighted by molar-refractivity contribution is 6.30. The van der Waals surface area contributed by atoms with Gasteiger partial charge in [-0.15, -0.1) is 0 Å². The van der Waals surface area contributed by atoms with Crippen LogP contribution in [0.25, 0.3) is 0 Å². The molecule has 0 unspecified atom stereocenters. The molecule has 0 aliphatic heterocycles. The molecule has 3 heteroatoms. The average Bonchev–Trinajstić information content (AvgIpc) is 2.31. The van der Waals surface area contributed by atoms with Crippen molar-refractivity contribution >= 4 is 11.6 Å². The van der Waals surface area contributed by atoms with Crippen molar-refractivity contribution in [1.29, 1.82) is 0 Å². The number of aryl methyl sites for hydroxylation is 1. The van der Waals surface area contributed by atoms with Gasteiger partial charge in [0.1, 0.15) is 11.5 Å². The lowest BCUT2D eigenvalue weighted by atomic mass is 10.1. The summed E-state index contributed by atoms with van der Waals surface area (Å²) in [5.41, 5.74) is 1.86. The number of rotatable bonds is 3. The maximum atomic E-state index is 9.27. The fourth-order valence-electron chi connectivity index (χ4n) is 1.59. The van der Waals surface area contributed by atoms with E-state index in [2.05, 4.69) is 0 Å². The summed E-state index contributed by atoms with van der Waals surface area (Å²) in [6.45, 7) is 1.93. The second kappa shape index (κ2) is 5.21. The van der Waals surface area contributed by atoms with Crippen LogP contribution in [-0.2, 0) is 6.61 Å². The van der Waals surface area contributed by atoms with Gasteiger partial charge in [-0.05, 0) is 31.2 Å². The number of ether oxygens (including phenoxy) is 1. The summed E-state index contributed by atoms with van der Waals surface area (Å²) in [6.07, 6.45) is 0. The molecule has 17 heavy (non-hydrogen) atoms. The minimum atomic E-state index is -0.0441. The molecule has 0 bridgehead atoms. The Hall–Kier alpha value is -1.51. The van der Waals surface area contributed by atoms with Crippen LogP contribution in [-0.4, -0.2) is 5.11 Å². The van der Waals surface area contributed by atoms with Crippen molar-refractivity contribution in [1.82, 2.24) is 0 Å². The fraction of sp³-hybridized carbons (Fsp3) is 0.143. The van der Waals surface area contributed by atoms with E-state index in [0.717, 1.165) is 11.1 Å². The molecule has 0 aliphatic carbocycles. The highest BCUT2D eigenvalue weighted by atomic mass is 35.5. The van der Waals surface area contributed by atoms with Crippen molar-refractivity contribution in [3.05, 3.63) is 58.6 Å². The summed E-state index contributed by atoms with van der Waals surface area (Å²) in [5, 5.41) is 9.89. The van der Waals surface area contributed by atoms with Crippen LogP contribution in [0.4, 0.5) is 0 Å². The summed E-state index contributed by atoms with van der Waals surface area (Å²) in [4.78, 5) is 0. The smallest absolute Gasteiger partial charge is 0.132 e. The van der Waals surface area contributed by atoms with Gasteiger partial charge in [-0.3, -0.25) is 0 Å². The molecule has 2 rings (SSSR count). The molecular formula is C14H13ClO2. The van der Waals surface area contributed by atoms with Crippen molar-refractivity contribution in [2.24, 2.45) is 0 Å². The molecular weight excluding hydrogens is 236 g/mol. The standard InChI is InChI=1S/C14H13ClO2/c1-10-5-6-14(11(7-10)9-16)17-13-4-2-3-12(15)8-13/h2-8,16H,9H2,1H3.